The maximum absolute atomic E-state index is 13.5. The molecule has 1 heterocycles. The quantitative estimate of drug-likeness (QED) is 0.838. The minimum absolute atomic E-state index is 0.0932. The summed E-state index contributed by atoms with van der Waals surface area (Å²) in [6.45, 7) is 0. The lowest BCUT2D eigenvalue weighted by atomic mass is 10.2. The lowest BCUT2D eigenvalue weighted by Crippen LogP contribution is -2.01. The van der Waals surface area contributed by atoms with E-state index in [2.05, 4.69) is 5.10 Å². The molecule has 0 amide bonds. The molecule has 3 N–H and O–H groups in total. The normalized spacial score (nSPS) is 10.4. The third-order valence-corrected chi connectivity index (χ3v) is 2.26. The molecule has 0 aliphatic rings. The van der Waals surface area contributed by atoms with Gasteiger partial charge in [-0.3, -0.25) is 4.79 Å². The number of nitrogens with zero attached hydrogens (tertiary/aromatic N) is 2. The van der Waals surface area contributed by atoms with E-state index in [0.717, 1.165) is 0 Å². The molecular formula is C11H10FN3O2. The number of carboxylic acid groups (broad SMARTS) is 1. The SMILES string of the molecule is Nc1nn(-c2ccccc2F)cc1CC(=O)O. The first kappa shape index (κ1) is 11.1. The molecule has 88 valence electrons. The van der Waals surface area contributed by atoms with Crippen LogP contribution in [0.3, 0.4) is 0 Å². The van der Waals surface area contributed by atoms with Gasteiger partial charge in [-0.1, -0.05) is 12.1 Å². The summed E-state index contributed by atoms with van der Waals surface area (Å²) < 4.78 is 14.7. The number of halogens is 1. The Labute approximate surface area is 96.3 Å². The lowest BCUT2D eigenvalue weighted by Gasteiger charge is -2.01. The number of hydrogen-bond donors (Lipinski definition) is 2. The van der Waals surface area contributed by atoms with E-state index in [-0.39, 0.29) is 17.9 Å². The summed E-state index contributed by atoms with van der Waals surface area (Å²) in [6.07, 6.45) is 1.18. The molecule has 0 radical (unpaired) electrons. The van der Waals surface area contributed by atoms with Crippen LogP contribution in [0.1, 0.15) is 5.56 Å². The van der Waals surface area contributed by atoms with Crippen LogP contribution in [0, 0.1) is 5.82 Å². The van der Waals surface area contributed by atoms with Gasteiger partial charge in [0.15, 0.2) is 0 Å². The zero-order chi connectivity index (χ0) is 12.4. The van der Waals surface area contributed by atoms with Crippen molar-refractivity contribution in [1.82, 2.24) is 9.78 Å². The van der Waals surface area contributed by atoms with Crippen molar-refractivity contribution in [3.8, 4) is 5.69 Å². The van der Waals surface area contributed by atoms with Gasteiger partial charge in [0.1, 0.15) is 17.3 Å². The molecule has 0 aliphatic carbocycles. The monoisotopic (exact) mass is 235 g/mol. The van der Waals surface area contributed by atoms with E-state index < -0.39 is 11.8 Å². The van der Waals surface area contributed by atoms with Crippen LogP contribution >= 0.6 is 0 Å². The molecule has 5 nitrogen and oxygen atoms in total. The summed E-state index contributed by atoms with van der Waals surface area (Å²) in [5.41, 5.74) is 6.15. The number of para-hydroxylation sites is 1. The van der Waals surface area contributed by atoms with E-state index in [1.807, 2.05) is 0 Å². The summed E-state index contributed by atoms with van der Waals surface area (Å²) >= 11 is 0. The Morgan fingerprint density at radius 2 is 2.18 bits per heavy atom. The number of rotatable bonds is 3. The highest BCUT2D eigenvalue weighted by Crippen LogP contribution is 2.16. The fourth-order valence-electron chi connectivity index (χ4n) is 1.48. The first-order valence-electron chi connectivity index (χ1n) is 4.88. The number of aromatic nitrogens is 2. The predicted octanol–water partition coefficient (Wildman–Crippen LogP) is 1.22. The molecule has 1 aromatic heterocycles. The predicted molar refractivity (Wildman–Crippen MR) is 59.3 cm³/mol. The molecular weight excluding hydrogens is 225 g/mol. The average molecular weight is 235 g/mol. The maximum atomic E-state index is 13.5. The van der Waals surface area contributed by atoms with Crippen LogP contribution in [0.25, 0.3) is 5.69 Å². The van der Waals surface area contributed by atoms with E-state index in [0.29, 0.717) is 5.56 Å². The first-order chi connectivity index (χ1) is 8.08. The van der Waals surface area contributed by atoms with Crippen molar-refractivity contribution in [1.29, 1.82) is 0 Å². The Morgan fingerprint density at radius 3 is 2.82 bits per heavy atom. The largest absolute Gasteiger partial charge is 0.481 e. The highest BCUT2D eigenvalue weighted by molar-refractivity contribution is 5.72. The molecule has 0 spiro atoms. The standard InChI is InChI=1S/C11H10FN3O2/c12-8-3-1-2-4-9(8)15-6-7(5-10(16)17)11(13)14-15/h1-4,6H,5H2,(H2,13,14)(H,16,17). The van der Waals surface area contributed by atoms with Crippen LogP contribution in [0.15, 0.2) is 30.5 Å². The highest BCUT2D eigenvalue weighted by atomic mass is 19.1. The minimum atomic E-state index is -1.01. The number of anilines is 1. The fraction of sp³-hybridized carbons (Fsp3) is 0.0909. The second-order valence-corrected chi connectivity index (χ2v) is 3.51. The van der Waals surface area contributed by atoms with Gasteiger partial charge in [0, 0.05) is 11.8 Å². The molecule has 17 heavy (non-hydrogen) atoms. The van der Waals surface area contributed by atoms with Crippen LogP contribution < -0.4 is 5.73 Å². The zero-order valence-corrected chi connectivity index (χ0v) is 8.80. The fourth-order valence-corrected chi connectivity index (χ4v) is 1.48. The van der Waals surface area contributed by atoms with Crippen molar-refractivity contribution in [2.24, 2.45) is 0 Å². The second-order valence-electron chi connectivity index (χ2n) is 3.51. The summed E-state index contributed by atoms with van der Waals surface area (Å²) in [5, 5.41) is 12.5. The molecule has 0 unspecified atom stereocenters. The van der Waals surface area contributed by atoms with Gasteiger partial charge in [-0.25, -0.2) is 9.07 Å². The van der Waals surface area contributed by atoms with Gasteiger partial charge in [-0.2, -0.15) is 5.10 Å². The van der Waals surface area contributed by atoms with Crippen molar-refractivity contribution in [2.75, 3.05) is 5.73 Å². The van der Waals surface area contributed by atoms with Crippen LogP contribution in [0.4, 0.5) is 10.2 Å². The molecule has 0 atom stereocenters. The third-order valence-electron chi connectivity index (χ3n) is 2.26. The molecule has 0 bridgehead atoms. The number of aliphatic carboxylic acids is 1. The van der Waals surface area contributed by atoms with Crippen molar-refractivity contribution in [2.45, 2.75) is 6.42 Å². The molecule has 6 heteroatoms. The maximum Gasteiger partial charge on any atom is 0.308 e. The van der Waals surface area contributed by atoms with Crippen molar-refractivity contribution < 1.29 is 14.3 Å². The van der Waals surface area contributed by atoms with E-state index in [4.69, 9.17) is 10.8 Å². The first-order valence-corrected chi connectivity index (χ1v) is 4.88. The van der Waals surface area contributed by atoms with Gasteiger partial charge in [-0.15, -0.1) is 0 Å². The summed E-state index contributed by atoms with van der Waals surface area (Å²) in [5.74, 6) is -1.36. The van der Waals surface area contributed by atoms with Crippen molar-refractivity contribution >= 4 is 11.8 Å². The minimum Gasteiger partial charge on any atom is -0.481 e. The van der Waals surface area contributed by atoms with Gasteiger partial charge in [0.25, 0.3) is 0 Å². The number of nitrogens with two attached hydrogens (primary N) is 1. The van der Waals surface area contributed by atoms with Gasteiger partial charge in [-0.05, 0) is 12.1 Å². The van der Waals surface area contributed by atoms with Crippen molar-refractivity contribution in [3.63, 3.8) is 0 Å². The summed E-state index contributed by atoms with van der Waals surface area (Å²) in [4.78, 5) is 10.6. The third kappa shape index (κ3) is 2.25. The van der Waals surface area contributed by atoms with Gasteiger partial charge >= 0.3 is 5.97 Å². The topological polar surface area (TPSA) is 81.1 Å². The Morgan fingerprint density at radius 1 is 1.47 bits per heavy atom. The van der Waals surface area contributed by atoms with E-state index in [1.165, 1.54) is 23.0 Å². The Kier molecular flexibility index (Phi) is 2.78. The van der Waals surface area contributed by atoms with Crippen LogP contribution in [0.5, 0.6) is 0 Å². The average Bonchev–Trinajstić information content (AvgIpc) is 2.60. The van der Waals surface area contributed by atoms with Gasteiger partial charge in [0.05, 0.1) is 6.42 Å². The Balaban J connectivity index is 2.41. The molecule has 0 aliphatic heterocycles. The van der Waals surface area contributed by atoms with E-state index >= 15 is 0 Å². The van der Waals surface area contributed by atoms with Crippen LogP contribution in [-0.2, 0) is 11.2 Å². The van der Waals surface area contributed by atoms with Crippen LogP contribution in [0.2, 0.25) is 0 Å². The second kappa shape index (κ2) is 4.25. The van der Waals surface area contributed by atoms with Gasteiger partial charge in [0.2, 0.25) is 0 Å². The number of benzene rings is 1. The molecule has 0 saturated heterocycles. The molecule has 2 rings (SSSR count). The molecule has 2 aromatic rings. The smallest absolute Gasteiger partial charge is 0.308 e. The Bertz CT molecular complexity index is 566. The molecule has 0 fully saturated rings. The number of hydrogen-bond acceptors (Lipinski definition) is 3. The van der Waals surface area contributed by atoms with Gasteiger partial charge < -0.3 is 10.8 Å². The summed E-state index contributed by atoms with van der Waals surface area (Å²) in [6, 6.07) is 6.05. The highest BCUT2D eigenvalue weighted by Gasteiger charge is 2.12. The number of nitrogen functional groups attached to an aromatic ring is 1. The number of carbonyl (C=O) groups is 1. The lowest BCUT2D eigenvalue weighted by molar-refractivity contribution is -0.136. The van der Waals surface area contributed by atoms with Crippen molar-refractivity contribution in [3.05, 3.63) is 41.8 Å². The number of carboxylic acids is 1. The summed E-state index contributed by atoms with van der Waals surface area (Å²) in [7, 11) is 0. The zero-order valence-electron chi connectivity index (χ0n) is 8.80. The van der Waals surface area contributed by atoms with E-state index in [9.17, 15) is 9.18 Å². The van der Waals surface area contributed by atoms with E-state index in [1.54, 1.807) is 12.1 Å². The Hall–Kier alpha value is -2.37. The van der Waals surface area contributed by atoms with Crippen LogP contribution in [-0.4, -0.2) is 20.9 Å². The molecule has 0 saturated carbocycles. The molecule has 1 aromatic carbocycles.